The van der Waals surface area contributed by atoms with Crippen LogP contribution in [-0.4, -0.2) is 16.3 Å². The maximum absolute atomic E-state index is 10.6. The van der Waals surface area contributed by atoms with Crippen molar-refractivity contribution in [2.24, 2.45) is 5.92 Å². The fourth-order valence-corrected chi connectivity index (χ4v) is 3.87. The number of aryl methyl sites for hydroxylation is 1. The quantitative estimate of drug-likeness (QED) is 0.872. The molecule has 0 spiro atoms. The summed E-state index contributed by atoms with van der Waals surface area (Å²) >= 11 is 1.65. The molecular weight excluding hydrogens is 232 g/mol. The van der Waals surface area contributed by atoms with E-state index < -0.39 is 6.10 Å². The predicted octanol–water partition coefficient (Wildman–Crippen LogP) is 3.68. The molecular formula is C14H22O2S. The first kappa shape index (κ1) is 13.1. The molecule has 2 unspecified atom stereocenters. The van der Waals surface area contributed by atoms with Gasteiger partial charge in [-0.15, -0.1) is 0 Å². The van der Waals surface area contributed by atoms with Crippen molar-refractivity contribution in [1.29, 1.82) is 0 Å². The predicted molar refractivity (Wildman–Crippen MR) is 71.4 cm³/mol. The third-order valence-corrected chi connectivity index (χ3v) is 4.62. The van der Waals surface area contributed by atoms with Crippen LogP contribution in [0.2, 0.25) is 0 Å². The zero-order valence-corrected chi connectivity index (χ0v) is 12.1. The summed E-state index contributed by atoms with van der Waals surface area (Å²) in [5.74, 6) is 0.158. The van der Waals surface area contributed by atoms with E-state index in [-0.39, 0.29) is 17.1 Å². The molecule has 2 rings (SSSR count). The van der Waals surface area contributed by atoms with E-state index in [4.69, 9.17) is 4.74 Å². The zero-order valence-electron chi connectivity index (χ0n) is 11.3. The fourth-order valence-electron chi connectivity index (χ4n) is 2.99. The standard InChI is InChI=1S/C14H22O2S/c1-9-7-17-8-10(9)12(15)11-6-13(2,3)16-14(11,4)5/h7-8,11-12,15H,6H2,1-5H3. The van der Waals surface area contributed by atoms with Gasteiger partial charge in [0.2, 0.25) is 0 Å². The van der Waals surface area contributed by atoms with E-state index in [2.05, 4.69) is 45.4 Å². The van der Waals surface area contributed by atoms with Crippen molar-refractivity contribution in [1.82, 2.24) is 0 Å². The highest BCUT2D eigenvalue weighted by Crippen LogP contribution is 2.48. The van der Waals surface area contributed by atoms with Gasteiger partial charge in [-0.25, -0.2) is 0 Å². The van der Waals surface area contributed by atoms with E-state index in [0.29, 0.717) is 0 Å². The zero-order chi connectivity index (χ0) is 12.8. The molecule has 0 amide bonds. The molecule has 1 aliphatic rings. The Hall–Kier alpha value is -0.380. The van der Waals surface area contributed by atoms with E-state index >= 15 is 0 Å². The molecule has 1 fully saturated rings. The summed E-state index contributed by atoms with van der Waals surface area (Å²) in [6.07, 6.45) is 0.481. The Morgan fingerprint density at radius 3 is 2.41 bits per heavy atom. The highest BCUT2D eigenvalue weighted by Gasteiger charge is 2.49. The van der Waals surface area contributed by atoms with Gasteiger partial charge >= 0.3 is 0 Å². The SMILES string of the molecule is Cc1cscc1C(O)C1CC(C)(C)OC1(C)C. The number of aliphatic hydroxyl groups excluding tert-OH is 1. The molecule has 0 radical (unpaired) electrons. The number of rotatable bonds is 2. The molecule has 1 saturated heterocycles. The summed E-state index contributed by atoms with van der Waals surface area (Å²) in [4.78, 5) is 0. The van der Waals surface area contributed by atoms with Gasteiger partial charge in [-0.05, 0) is 62.9 Å². The molecule has 1 aromatic rings. The first-order chi connectivity index (χ1) is 7.73. The van der Waals surface area contributed by atoms with E-state index in [1.165, 1.54) is 5.56 Å². The van der Waals surface area contributed by atoms with Gasteiger partial charge in [-0.2, -0.15) is 11.3 Å². The summed E-state index contributed by atoms with van der Waals surface area (Å²) < 4.78 is 6.05. The third-order valence-electron chi connectivity index (χ3n) is 3.74. The van der Waals surface area contributed by atoms with Gasteiger partial charge in [-0.1, -0.05) is 0 Å². The van der Waals surface area contributed by atoms with E-state index in [1.54, 1.807) is 11.3 Å². The summed E-state index contributed by atoms with van der Waals surface area (Å²) in [6.45, 7) is 10.4. The average molecular weight is 254 g/mol. The fraction of sp³-hybridized carbons (Fsp3) is 0.714. The Morgan fingerprint density at radius 2 is 2.00 bits per heavy atom. The van der Waals surface area contributed by atoms with Crippen LogP contribution in [-0.2, 0) is 4.74 Å². The van der Waals surface area contributed by atoms with Crippen LogP contribution in [0.25, 0.3) is 0 Å². The van der Waals surface area contributed by atoms with Crippen molar-refractivity contribution >= 4 is 11.3 Å². The largest absolute Gasteiger partial charge is 0.388 e. The normalized spacial score (nSPS) is 28.2. The lowest BCUT2D eigenvalue weighted by atomic mass is 9.80. The molecule has 17 heavy (non-hydrogen) atoms. The van der Waals surface area contributed by atoms with E-state index in [0.717, 1.165) is 12.0 Å². The second kappa shape index (κ2) is 4.08. The lowest BCUT2D eigenvalue weighted by Crippen LogP contribution is -2.32. The summed E-state index contributed by atoms with van der Waals surface area (Å²) in [5, 5.41) is 14.7. The monoisotopic (exact) mass is 254 g/mol. The van der Waals surface area contributed by atoms with Gasteiger partial charge in [0.1, 0.15) is 0 Å². The number of aliphatic hydroxyl groups is 1. The molecule has 1 aliphatic heterocycles. The molecule has 0 bridgehead atoms. The smallest absolute Gasteiger partial charge is 0.0857 e. The van der Waals surface area contributed by atoms with Crippen LogP contribution in [0.1, 0.15) is 51.3 Å². The third kappa shape index (κ3) is 2.42. The number of hydrogen-bond acceptors (Lipinski definition) is 3. The van der Waals surface area contributed by atoms with Crippen LogP contribution in [0.5, 0.6) is 0 Å². The van der Waals surface area contributed by atoms with Gasteiger partial charge in [-0.3, -0.25) is 0 Å². The highest BCUT2D eigenvalue weighted by molar-refractivity contribution is 7.08. The average Bonchev–Trinajstić information content (AvgIpc) is 2.66. The molecule has 96 valence electrons. The highest BCUT2D eigenvalue weighted by atomic mass is 32.1. The minimum absolute atomic E-state index is 0.140. The molecule has 1 aromatic heterocycles. The van der Waals surface area contributed by atoms with Gasteiger partial charge in [0.15, 0.2) is 0 Å². The Balaban J connectivity index is 2.26. The molecule has 2 heterocycles. The van der Waals surface area contributed by atoms with E-state index in [1.807, 2.05) is 0 Å². The molecule has 0 saturated carbocycles. The van der Waals surface area contributed by atoms with Crippen LogP contribution >= 0.6 is 11.3 Å². The number of thiophene rings is 1. The minimum Gasteiger partial charge on any atom is -0.388 e. The Labute approximate surface area is 108 Å². The van der Waals surface area contributed by atoms with Gasteiger partial charge < -0.3 is 9.84 Å². The lowest BCUT2D eigenvalue weighted by molar-refractivity contribution is -0.0880. The molecule has 0 aliphatic carbocycles. The molecule has 1 N–H and O–H groups in total. The van der Waals surface area contributed by atoms with Crippen molar-refractivity contribution in [2.75, 3.05) is 0 Å². The van der Waals surface area contributed by atoms with Gasteiger partial charge in [0, 0.05) is 5.92 Å². The first-order valence-electron chi connectivity index (χ1n) is 6.14. The summed E-state index contributed by atoms with van der Waals surface area (Å²) in [6, 6.07) is 0. The number of ether oxygens (including phenoxy) is 1. The maximum Gasteiger partial charge on any atom is 0.0857 e. The summed E-state index contributed by atoms with van der Waals surface area (Å²) in [7, 11) is 0. The van der Waals surface area contributed by atoms with Crippen LogP contribution in [0.3, 0.4) is 0 Å². The molecule has 2 atom stereocenters. The molecule has 2 nitrogen and oxygen atoms in total. The van der Waals surface area contributed by atoms with Crippen molar-refractivity contribution in [3.63, 3.8) is 0 Å². The van der Waals surface area contributed by atoms with Crippen LogP contribution in [0.15, 0.2) is 10.8 Å². The van der Waals surface area contributed by atoms with Crippen molar-refractivity contribution in [3.8, 4) is 0 Å². The van der Waals surface area contributed by atoms with Crippen molar-refractivity contribution in [2.45, 2.75) is 58.3 Å². The summed E-state index contributed by atoms with van der Waals surface area (Å²) in [5.41, 5.74) is 1.84. The second-order valence-electron chi connectivity index (χ2n) is 6.23. The number of hydrogen-bond donors (Lipinski definition) is 1. The van der Waals surface area contributed by atoms with Gasteiger partial charge in [0.05, 0.1) is 17.3 Å². The van der Waals surface area contributed by atoms with Gasteiger partial charge in [0.25, 0.3) is 0 Å². The first-order valence-corrected chi connectivity index (χ1v) is 7.08. The van der Waals surface area contributed by atoms with Crippen molar-refractivity contribution in [3.05, 3.63) is 21.9 Å². The maximum atomic E-state index is 10.6. The van der Waals surface area contributed by atoms with Crippen LogP contribution in [0, 0.1) is 12.8 Å². The van der Waals surface area contributed by atoms with Crippen molar-refractivity contribution < 1.29 is 9.84 Å². The van der Waals surface area contributed by atoms with E-state index in [9.17, 15) is 5.11 Å². The minimum atomic E-state index is -0.418. The van der Waals surface area contributed by atoms with Crippen LogP contribution < -0.4 is 0 Å². The Morgan fingerprint density at radius 1 is 1.35 bits per heavy atom. The topological polar surface area (TPSA) is 29.5 Å². The molecule has 3 heteroatoms. The Bertz CT molecular complexity index is 406. The molecule has 0 aromatic carbocycles. The Kier molecular flexibility index (Phi) is 3.13. The second-order valence-corrected chi connectivity index (χ2v) is 6.97. The lowest BCUT2D eigenvalue weighted by Gasteiger charge is -2.30. The van der Waals surface area contributed by atoms with Crippen LogP contribution in [0.4, 0.5) is 0 Å².